The normalized spacial score (nSPS) is 13.6. The van der Waals surface area contributed by atoms with Gasteiger partial charge in [-0.25, -0.2) is 4.90 Å². The van der Waals surface area contributed by atoms with Gasteiger partial charge >= 0.3 is 0 Å². The van der Waals surface area contributed by atoms with Gasteiger partial charge in [-0.2, -0.15) is 0 Å². The van der Waals surface area contributed by atoms with Crippen molar-refractivity contribution in [2.45, 2.75) is 193 Å². The van der Waals surface area contributed by atoms with Crippen LogP contribution in [0.2, 0.25) is 0 Å². The summed E-state index contributed by atoms with van der Waals surface area (Å²) < 4.78 is 11.9. The van der Waals surface area contributed by atoms with E-state index in [2.05, 4.69) is 62.5 Å². The van der Waals surface area contributed by atoms with Crippen molar-refractivity contribution in [1.82, 2.24) is 4.90 Å². The van der Waals surface area contributed by atoms with E-state index in [1.165, 1.54) is 96.3 Å². The molecule has 0 saturated carbocycles. The highest BCUT2D eigenvalue weighted by Gasteiger charge is 2.33. The first kappa shape index (κ1) is 47.7. The Bertz CT molecular complexity index is 789. The molecule has 0 radical (unpaired) electrons. The van der Waals surface area contributed by atoms with Crippen LogP contribution in [0.4, 0.5) is 0 Å². The predicted molar refractivity (Wildman–Crippen MR) is 207 cm³/mol. The largest absolute Gasteiger partial charge is 0.379 e. The summed E-state index contributed by atoms with van der Waals surface area (Å²) >= 11 is 0. The standard InChI is InChI=1S/C42H79NO6/c1-4-6-8-10-12-14-16-18-20-22-24-26-28-30-32-34-36-48-39-40(38-43(41(44)45)42(3,46)47)49-37-35-33-31-29-27-25-23-21-19-17-15-13-11-9-7-5-2/h12-15,18-21,40-41,44-47H,4-11,16-17,22-39H2,1-3H3/b14-12-,15-13-,20-18-,21-19-. The van der Waals surface area contributed by atoms with Crippen molar-refractivity contribution in [3.8, 4) is 0 Å². The topological polar surface area (TPSA) is 103 Å². The molecule has 7 heteroatoms. The van der Waals surface area contributed by atoms with Gasteiger partial charge in [-0.1, -0.05) is 140 Å². The average Bonchev–Trinajstić information content (AvgIpc) is 3.06. The Morgan fingerprint density at radius 1 is 0.531 bits per heavy atom. The van der Waals surface area contributed by atoms with Crippen molar-refractivity contribution in [2.24, 2.45) is 0 Å². The minimum Gasteiger partial charge on any atom is -0.379 e. The van der Waals surface area contributed by atoms with Crippen molar-refractivity contribution in [3.63, 3.8) is 0 Å². The van der Waals surface area contributed by atoms with E-state index in [0.717, 1.165) is 69.6 Å². The summed E-state index contributed by atoms with van der Waals surface area (Å²) in [6, 6.07) is 0. The zero-order valence-electron chi connectivity index (χ0n) is 32.1. The first-order valence-electron chi connectivity index (χ1n) is 20.2. The van der Waals surface area contributed by atoms with Gasteiger partial charge in [0, 0.05) is 26.7 Å². The van der Waals surface area contributed by atoms with Gasteiger partial charge in [-0.3, -0.25) is 0 Å². The van der Waals surface area contributed by atoms with Crippen molar-refractivity contribution in [3.05, 3.63) is 48.6 Å². The van der Waals surface area contributed by atoms with Gasteiger partial charge < -0.3 is 29.9 Å². The zero-order valence-corrected chi connectivity index (χ0v) is 32.1. The highest BCUT2D eigenvalue weighted by atomic mass is 16.6. The number of allylic oxidation sites excluding steroid dienone is 8. The summed E-state index contributed by atoms with van der Waals surface area (Å²) in [6.07, 6.45) is 44.3. The lowest BCUT2D eigenvalue weighted by Crippen LogP contribution is -2.55. The fourth-order valence-electron chi connectivity index (χ4n) is 5.61. The number of nitrogens with zero attached hydrogens (tertiary/aromatic N) is 1. The third kappa shape index (κ3) is 34.9. The van der Waals surface area contributed by atoms with Crippen LogP contribution in [0, 0.1) is 0 Å². The van der Waals surface area contributed by atoms with Gasteiger partial charge in [-0.15, -0.1) is 0 Å². The molecule has 288 valence electrons. The number of unbranched alkanes of at least 4 members (excludes halogenated alkanes) is 18. The number of ether oxygens (including phenoxy) is 2. The molecule has 1 atom stereocenters. The van der Waals surface area contributed by atoms with Gasteiger partial charge in [0.05, 0.1) is 12.7 Å². The summed E-state index contributed by atoms with van der Waals surface area (Å²) in [7, 11) is 0. The molecule has 0 spiro atoms. The maximum absolute atomic E-state index is 10.00. The van der Waals surface area contributed by atoms with Gasteiger partial charge in [-0.05, 0) is 77.0 Å². The molecule has 0 aliphatic heterocycles. The predicted octanol–water partition coefficient (Wildman–Crippen LogP) is 10.2. The molecule has 0 fully saturated rings. The molecule has 0 bridgehead atoms. The second-order valence-corrected chi connectivity index (χ2v) is 13.7. The van der Waals surface area contributed by atoms with E-state index in [-0.39, 0.29) is 13.2 Å². The van der Waals surface area contributed by atoms with E-state index in [4.69, 9.17) is 9.47 Å². The van der Waals surface area contributed by atoms with Crippen LogP contribution in [0.25, 0.3) is 0 Å². The molecule has 0 aliphatic carbocycles. The Kier molecular flexibility index (Phi) is 35.5. The first-order valence-corrected chi connectivity index (χ1v) is 20.2. The SMILES string of the molecule is CCCCC/C=C\C/C=C\CCCCCCCCOCC(CN(C(O)O)C(C)(O)O)OCCCCCCCC/C=C\C/C=C\CCCCC. The van der Waals surface area contributed by atoms with Crippen molar-refractivity contribution in [2.75, 3.05) is 26.4 Å². The summed E-state index contributed by atoms with van der Waals surface area (Å²) in [5, 5.41) is 39.4. The van der Waals surface area contributed by atoms with Crippen molar-refractivity contribution < 1.29 is 29.9 Å². The lowest BCUT2D eigenvalue weighted by molar-refractivity contribution is -0.331. The maximum atomic E-state index is 10.00. The van der Waals surface area contributed by atoms with E-state index < -0.39 is 18.4 Å². The van der Waals surface area contributed by atoms with Crippen LogP contribution in [0.5, 0.6) is 0 Å². The first-order chi connectivity index (χ1) is 23.8. The van der Waals surface area contributed by atoms with Crippen LogP contribution in [-0.4, -0.2) is 70.1 Å². The van der Waals surface area contributed by atoms with Crippen LogP contribution in [-0.2, 0) is 9.47 Å². The Hall–Kier alpha value is -1.32. The molecule has 4 N–H and O–H groups in total. The molecule has 0 aromatic carbocycles. The van der Waals surface area contributed by atoms with Crippen molar-refractivity contribution in [1.29, 1.82) is 0 Å². The van der Waals surface area contributed by atoms with E-state index in [1.807, 2.05) is 0 Å². The molecule has 49 heavy (non-hydrogen) atoms. The Labute approximate surface area is 302 Å². The van der Waals surface area contributed by atoms with Crippen molar-refractivity contribution >= 4 is 0 Å². The van der Waals surface area contributed by atoms with Gasteiger partial charge in [0.25, 0.3) is 0 Å². The second kappa shape index (κ2) is 36.5. The summed E-state index contributed by atoms with van der Waals surface area (Å²) in [6.45, 7) is 6.92. The van der Waals surface area contributed by atoms with Crippen LogP contribution in [0.1, 0.15) is 175 Å². The molecular weight excluding hydrogens is 614 g/mol. The Morgan fingerprint density at radius 2 is 0.918 bits per heavy atom. The van der Waals surface area contributed by atoms with Crippen LogP contribution in [0.15, 0.2) is 48.6 Å². The molecule has 0 amide bonds. The molecular formula is C42H79NO6. The van der Waals surface area contributed by atoms with E-state index in [1.54, 1.807) is 0 Å². The highest BCUT2D eigenvalue weighted by molar-refractivity contribution is 4.93. The average molecular weight is 694 g/mol. The van der Waals surface area contributed by atoms with Crippen LogP contribution < -0.4 is 0 Å². The molecule has 0 aromatic heterocycles. The summed E-state index contributed by atoms with van der Waals surface area (Å²) in [5.74, 6) is -2.38. The highest BCUT2D eigenvalue weighted by Crippen LogP contribution is 2.14. The third-order valence-corrected chi connectivity index (χ3v) is 8.71. The summed E-state index contributed by atoms with van der Waals surface area (Å²) in [5.41, 5.74) is 0. The monoisotopic (exact) mass is 694 g/mol. The zero-order chi connectivity index (χ0) is 36.1. The van der Waals surface area contributed by atoms with Gasteiger partial charge in [0.1, 0.15) is 0 Å². The lowest BCUT2D eigenvalue weighted by Gasteiger charge is -2.35. The third-order valence-electron chi connectivity index (χ3n) is 8.71. The molecule has 7 nitrogen and oxygen atoms in total. The van der Waals surface area contributed by atoms with Crippen LogP contribution in [0.3, 0.4) is 0 Å². The lowest BCUT2D eigenvalue weighted by atomic mass is 10.1. The van der Waals surface area contributed by atoms with Crippen LogP contribution >= 0.6 is 0 Å². The minimum atomic E-state index is -2.38. The minimum absolute atomic E-state index is 0.0625. The number of rotatable bonds is 37. The number of aliphatic hydroxyl groups is 4. The summed E-state index contributed by atoms with van der Waals surface area (Å²) in [4.78, 5) is 0.792. The van der Waals surface area contributed by atoms with E-state index in [9.17, 15) is 20.4 Å². The molecule has 0 aromatic rings. The Morgan fingerprint density at radius 3 is 1.33 bits per heavy atom. The Balaban J connectivity index is 4.07. The molecule has 0 rings (SSSR count). The van der Waals surface area contributed by atoms with E-state index in [0.29, 0.717) is 13.2 Å². The number of hydrogen-bond donors (Lipinski definition) is 4. The number of hydrogen-bond acceptors (Lipinski definition) is 7. The quantitative estimate of drug-likeness (QED) is 0.0292. The fourth-order valence-corrected chi connectivity index (χ4v) is 5.61. The van der Waals surface area contributed by atoms with Gasteiger partial charge in [0.2, 0.25) is 12.3 Å². The molecule has 0 aliphatic rings. The molecule has 0 heterocycles. The van der Waals surface area contributed by atoms with E-state index >= 15 is 0 Å². The second-order valence-electron chi connectivity index (χ2n) is 13.7. The maximum Gasteiger partial charge on any atom is 0.225 e. The number of aliphatic hydroxyl groups excluding tert-OH is 1. The molecule has 0 saturated heterocycles. The fraction of sp³-hybridized carbons (Fsp3) is 0.810. The molecule has 1 unspecified atom stereocenters. The smallest absolute Gasteiger partial charge is 0.225 e. The van der Waals surface area contributed by atoms with Gasteiger partial charge in [0.15, 0.2) is 0 Å².